The quantitative estimate of drug-likeness (QED) is 0.838. The molecule has 0 aromatic heterocycles. The second kappa shape index (κ2) is 6.23. The van der Waals surface area contributed by atoms with Gasteiger partial charge in [0.25, 0.3) is 0 Å². The van der Waals surface area contributed by atoms with Gasteiger partial charge in [-0.2, -0.15) is 5.26 Å². The largest absolute Gasteiger partial charge is 0.465 e. The van der Waals surface area contributed by atoms with E-state index in [-0.39, 0.29) is 11.5 Å². The molecule has 0 aliphatic carbocycles. The zero-order valence-electron chi connectivity index (χ0n) is 13.8. The summed E-state index contributed by atoms with van der Waals surface area (Å²) < 4.78 is 0. The minimum Gasteiger partial charge on any atom is -0.465 e. The third-order valence-corrected chi connectivity index (χ3v) is 4.53. The van der Waals surface area contributed by atoms with Gasteiger partial charge in [0.1, 0.15) is 0 Å². The topological polar surface area (TPSA) is 84.6 Å². The summed E-state index contributed by atoms with van der Waals surface area (Å²) in [6.45, 7) is 10.3. The number of carbonyl (C=O) groups is 1. The Morgan fingerprint density at radius 3 is 2.43 bits per heavy atom. The molecular formula is C16H28N2O3. The van der Waals surface area contributed by atoms with Gasteiger partial charge < -0.3 is 15.1 Å². The lowest BCUT2D eigenvalue weighted by Gasteiger charge is -2.49. The van der Waals surface area contributed by atoms with Crippen LogP contribution >= 0.6 is 0 Å². The van der Waals surface area contributed by atoms with E-state index >= 15 is 0 Å². The Morgan fingerprint density at radius 1 is 1.48 bits per heavy atom. The van der Waals surface area contributed by atoms with E-state index in [1.807, 2.05) is 34.6 Å². The molecule has 3 unspecified atom stereocenters. The van der Waals surface area contributed by atoms with Crippen LogP contribution < -0.4 is 0 Å². The van der Waals surface area contributed by atoms with Crippen LogP contribution in [0.4, 0.5) is 4.79 Å². The first-order chi connectivity index (χ1) is 9.53. The Labute approximate surface area is 127 Å². The van der Waals surface area contributed by atoms with Crippen LogP contribution in [0.5, 0.6) is 0 Å². The van der Waals surface area contributed by atoms with Crippen molar-refractivity contribution in [1.29, 1.82) is 5.26 Å². The maximum atomic E-state index is 11.4. The molecule has 5 nitrogen and oxygen atoms in total. The normalized spacial score (nSPS) is 28.3. The summed E-state index contributed by atoms with van der Waals surface area (Å²) in [5.41, 5.74) is -1.10. The van der Waals surface area contributed by atoms with Crippen LogP contribution in [0.3, 0.4) is 0 Å². The summed E-state index contributed by atoms with van der Waals surface area (Å²) in [5.74, 6) is 0.302. The molecule has 5 heteroatoms. The van der Waals surface area contributed by atoms with E-state index < -0.39 is 17.6 Å². The van der Waals surface area contributed by atoms with Gasteiger partial charge in [0.15, 0.2) is 0 Å². The molecular weight excluding hydrogens is 268 g/mol. The van der Waals surface area contributed by atoms with Crippen LogP contribution in [0.25, 0.3) is 0 Å². The minimum atomic E-state index is -0.945. The van der Waals surface area contributed by atoms with Crippen molar-refractivity contribution in [1.82, 2.24) is 4.90 Å². The van der Waals surface area contributed by atoms with Crippen LogP contribution in [-0.2, 0) is 0 Å². The molecule has 0 spiro atoms. The lowest BCUT2D eigenvalue weighted by molar-refractivity contribution is -0.0395. The van der Waals surface area contributed by atoms with Gasteiger partial charge in [0.05, 0.1) is 17.6 Å². The Kier molecular flexibility index (Phi) is 5.27. The average molecular weight is 296 g/mol. The van der Waals surface area contributed by atoms with Crippen LogP contribution in [0, 0.1) is 28.1 Å². The Balaban J connectivity index is 3.07. The predicted octanol–water partition coefficient (Wildman–Crippen LogP) is 3.09. The second-order valence-corrected chi connectivity index (χ2v) is 7.73. The van der Waals surface area contributed by atoms with Crippen molar-refractivity contribution in [2.24, 2.45) is 16.7 Å². The van der Waals surface area contributed by atoms with Crippen molar-refractivity contribution in [3.8, 4) is 6.07 Å². The van der Waals surface area contributed by atoms with Crippen molar-refractivity contribution in [3.63, 3.8) is 0 Å². The third-order valence-electron chi connectivity index (χ3n) is 4.53. The highest BCUT2D eigenvalue weighted by atomic mass is 16.4. The van der Waals surface area contributed by atoms with Gasteiger partial charge in [0.2, 0.25) is 0 Å². The average Bonchev–Trinajstić information content (AvgIpc) is 2.35. The fraction of sp³-hybridized carbons (Fsp3) is 0.875. The molecule has 1 amide bonds. The van der Waals surface area contributed by atoms with Crippen LogP contribution in [0.1, 0.15) is 53.9 Å². The molecule has 21 heavy (non-hydrogen) atoms. The first kappa shape index (κ1) is 17.8. The van der Waals surface area contributed by atoms with Gasteiger partial charge >= 0.3 is 6.09 Å². The summed E-state index contributed by atoms with van der Waals surface area (Å²) in [7, 11) is 0. The summed E-state index contributed by atoms with van der Waals surface area (Å²) >= 11 is 0. The zero-order chi connectivity index (χ0) is 16.4. The van der Waals surface area contributed by atoms with Gasteiger partial charge in [-0.15, -0.1) is 0 Å². The van der Waals surface area contributed by atoms with Crippen molar-refractivity contribution in [3.05, 3.63) is 0 Å². The predicted molar refractivity (Wildman–Crippen MR) is 80.7 cm³/mol. The molecule has 0 bridgehead atoms. The number of aliphatic hydroxyl groups is 1. The zero-order valence-corrected chi connectivity index (χ0v) is 13.8. The van der Waals surface area contributed by atoms with E-state index in [1.54, 1.807) is 0 Å². The minimum absolute atomic E-state index is 0.259. The SMILES string of the molecule is CC(C)CC(O)C1(C#N)CCN(C(=O)O)C(C(C)(C)C)C1. The van der Waals surface area contributed by atoms with Crippen molar-refractivity contribution in [2.45, 2.75) is 66.0 Å². The molecule has 2 N–H and O–H groups in total. The summed E-state index contributed by atoms with van der Waals surface area (Å²) in [5, 5.41) is 29.6. The molecule has 0 aromatic carbocycles. The highest BCUT2D eigenvalue weighted by Crippen LogP contribution is 2.44. The monoisotopic (exact) mass is 296 g/mol. The molecule has 1 heterocycles. The number of amides is 1. The van der Waals surface area contributed by atoms with Gasteiger partial charge in [-0.1, -0.05) is 34.6 Å². The number of hydrogen-bond donors (Lipinski definition) is 2. The number of rotatable bonds is 3. The lowest BCUT2D eigenvalue weighted by Crippen LogP contribution is -2.57. The Bertz CT molecular complexity index is 422. The lowest BCUT2D eigenvalue weighted by atomic mass is 9.66. The molecule has 0 aromatic rings. The number of hydrogen-bond acceptors (Lipinski definition) is 3. The molecule has 0 radical (unpaired) electrons. The van der Waals surface area contributed by atoms with Crippen LogP contribution in [-0.4, -0.2) is 39.9 Å². The molecule has 1 aliphatic rings. The maximum Gasteiger partial charge on any atom is 0.407 e. The molecule has 1 saturated heterocycles. The van der Waals surface area contributed by atoms with Crippen molar-refractivity contribution >= 4 is 6.09 Å². The van der Waals surface area contributed by atoms with Crippen molar-refractivity contribution in [2.75, 3.05) is 6.54 Å². The smallest absolute Gasteiger partial charge is 0.407 e. The van der Waals surface area contributed by atoms with E-state index in [9.17, 15) is 20.3 Å². The molecule has 1 aliphatic heterocycles. The molecule has 3 atom stereocenters. The third kappa shape index (κ3) is 3.88. The number of carboxylic acid groups (broad SMARTS) is 1. The van der Waals surface area contributed by atoms with Crippen LogP contribution in [0.2, 0.25) is 0 Å². The van der Waals surface area contributed by atoms with Gasteiger partial charge in [-0.05, 0) is 30.6 Å². The molecule has 120 valence electrons. The summed E-state index contributed by atoms with van der Waals surface area (Å²) in [6.07, 6.45) is -0.288. The standard InChI is InChI=1S/C16H28N2O3/c1-11(2)8-13(19)16(10-17)6-7-18(14(20)21)12(9-16)15(3,4)5/h11-13,19H,6-9H2,1-5H3,(H,20,21). The van der Waals surface area contributed by atoms with E-state index in [0.29, 0.717) is 31.7 Å². The van der Waals surface area contributed by atoms with Gasteiger partial charge in [-0.25, -0.2) is 4.79 Å². The van der Waals surface area contributed by atoms with E-state index in [2.05, 4.69) is 6.07 Å². The number of nitriles is 1. The number of likely N-dealkylation sites (tertiary alicyclic amines) is 1. The summed E-state index contributed by atoms with van der Waals surface area (Å²) in [4.78, 5) is 12.9. The Morgan fingerprint density at radius 2 is 2.05 bits per heavy atom. The van der Waals surface area contributed by atoms with Gasteiger partial charge in [-0.3, -0.25) is 0 Å². The number of nitrogens with zero attached hydrogens (tertiary/aromatic N) is 2. The fourth-order valence-electron chi connectivity index (χ4n) is 3.19. The highest BCUT2D eigenvalue weighted by Gasteiger charge is 2.49. The van der Waals surface area contributed by atoms with Crippen molar-refractivity contribution < 1.29 is 15.0 Å². The second-order valence-electron chi connectivity index (χ2n) is 7.73. The number of aliphatic hydroxyl groups excluding tert-OH is 1. The van der Waals surface area contributed by atoms with E-state index in [1.165, 1.54) is 4.90 Å². The maximum absolute atomic E-state index is 11.4. The van der Waals surface area contributed by atoms with Crippen LogP contribution in [0.15, 0.2) is 0 Å². The first-order valence-electron chi connectivity index (χ1n) is 7.62. The number of piperidine rings is 1. The molecule has 0 saturated carbocycles. The van der Waals surface area contributed by atoms with E-state index in [0.717, 1.165) is 0 Å². The highest BCUT2D eigenvalue weighted by molar-refractivity contribution is 5.65. The first-order valence-corrected chi connectivity index (χ1v) is 7.62. The van der Waals surface area contributed by atoms with E-state index in [4.69, 9.17) is 0 Å². The molecule has 1 fully saturated rings. The Hall–Kier alpha value is -1.28. The molecule has 1 rings (SSSR count). The fourth-order valence-corrected chi connectivity index (χ4v) is 3.19. The van der Waals surface area contributed by atoms with Gasteiger partial charge in [0, 0.05) is 12.6 Å². The summed E-state index contributed by atoms with van der Waals surface area (Å²) in [6, 6.07) is 2.06.